The predicted molar refractivity (Wildman–Crippen MR) is 106 cm³/mol. The van der Waals surface area contributed by atoms with E-state index in [-0.39, 0.29) is 23.6 Å². The molecule has 1 aromatic carbocycles. The molecule has 0 spiro atoms. The Bertz CT molecular complexity index is 1140. The van der Waals surface area contributed by atoms with Gasteiger partial charge in [-0.05, 0) is 44.5 Å². The number of alkyl halides is 1. The van der Waals surface area contributed by atoms with E-state index in [4.69, 9.17) is 10.5 Å². The van der Waals surface area contributed by atoms with Gasteiger partial charge in [0.25, 0.3) is 5.91 Å². The van der Waals surface area contributed by atoms with Crippen LogP contribution in [0, 0.1) is 31.3 Å². The molecule has 3 N–H and O–H groups in total. The lowest BCUT2D eigenvalue weighted by Gasteiger charge is -2.20. The summed E-state index contributed by atoms with van der Waals surface area (Å²) in [4.78, 5) is 17.0. The van der Waals surface area contributed by atoms with Crippen LogP contribution in [0.5, 0.6) is 5.75 Å². The van der Waals surface area contributed by atoms with E-state index in [1.807, 2.05) is 0 Å². The van der Waals surface area contributed by atoms with Crippen LogP contribution >= 0.6 is 0 Å². The summed E-state index contributed by atoms with van der Waals surface area (Å²) >= 11 is 0. The fourth-order valence-electron chi connectivity index (χ4n) is 3.00. The van der Waals surface area contributed by atoms with Gasteiger partial charge in [-0.2, -0.15) is 0 Å². The molecular weight excluding hydrogens is 416 g/mol. The Labute approximate surface area is 176 Å². The highest BCUT2D eigenvalue weighted by Gasteiger charge is 2.24. The summed E-state index contributed by atoms with van der Waals surface area (Å²) in [6, 6.07) is 3.09. The lowest BCUT2D eigenvalue weighted by molar-refractivity contribution is 0.0935. The molecular formula is C21H22F4N4O2. The molecule has 0 radical (unpaired) electrons. The van der Waals surface area contributed by atoms with Crippen molar-refractivity contribution in [2.24, 2.45) is 5.73 Å². The van der Waals surface area contributed by atoms with Crippen LogP contribution in [0.25, 0.3) is 5.65 Å². The van der Waals surface area contributed by atoms with Gasteiger partial charge in [-0.3, -0.25) is 9.20 Å². The van der Waals surface area contributed by atoms with Gasteiger partial charge in [0.05, 0.1) is 16.8 Å². The minimum absolute atomic E-state index is 0.0949. The van der Waals surface area contributed by atoms with Gasteiger partial charge in [0.15, 0.2) is 23.0 Å². The van der Waals surface area contributed by atoms with E-state index in [0.717, 1.165) is 6.07 Å². The molecule has 3 rings (SSSR count). The van der Waals surface area contributed by atoms with Gasteiger partial charge >= 0.3 is 0 Å². The number of hydrogen-bond donors (Lipinski definition) is 2. The first kappa shape index (κ1) is 22.5. The lowest BCUT2D eigenvalue weighted by atomic mass is 10.1. The van der Waals surface area contributed by atoms with Gasteiger partial charge < -0.3 is 15.8 Å². The number of carbonyl (C=O) groups is 1. The zero-order valence-electron chi connectivity index (χ0n) is 17.2. The van der Waals surface area contributed by atoms with Crippen molar-refractivity contribution in [2.45, 2.75) is 32.9 Å². The van der Waals surface area contributed by atoms with Crippen LogP contribution in [0.2, 0.25) is 0 Å². The average molecular weight is 438 g/mol. The first-order valence-corrected chi connectivity index (χ1v) is 9.41. The fourth-order valence-corrected chi connectivity index (χ4v) is 3.00. The molecule has 1 unspecified atom stereocenters. The van der Waals surface area contributed by atoms with Crippen LogP contribution in [-0.2, 0) is 6.61 Å². The molecule has 6 nitrogen and oxygen atoms in total. The predicted octanol–water partition coefficient (Wildman–Crippen LogP) is 3.36. The van der Waals surface area contributed by atoms with Crippen molar-refractivity contribution in [3.8, 4) is 5.75 Å². The number of nitrogens with two attached hydrogens (primary N) is 1. The van der Waals surface area contributed by atoms with Gasteiger partial charge in [0.1, 0.15) is 24.8 Å². The Kier molecular flexibility index (Phi) is 6.21. The molecule has 31 heavy (non-hydrogen) atoms. The summed E-state index contributed by atoms with van der Waals surface area (Å²) in [5, 5.41) is 2.58. The molecule has 0 bridgehead atoms. The van der Waals surface area contributed by atoms with Crippen molar-refractivity contribution < 1.29 is 27.1 Å². The van der Waals surface area contributed by atoms with Crippen molar-refractivity contribution in [1.29, 1.82) is 0 Å². The Morgan fingerprint density at radius 3 is 2.61 bits per heavy atom. The smallest absolute Gasteiger partial charge is 0.270 e. The van der Waals surface area contributed by atoms with Gasteiger partial charge in [-0.25, -0.2) is 22.5 Å². The first-order chi connectivity index (χ1) is 14.5. The monoisotopic (exact) mass is 438 g/mol. The van der Waals surface area contributed by atoms with Crippen LogP contribution in [0.4, 0.5) is 17.6 Å². The van der Waals surface area contributed by atoms with Crippen molar-refractivity contribution >= 4 is 11.6 Å². The van der Waals surface area contributed by atoms with Crippen LogP contribution in [0.15, 0.2) is 24.4 Å². The van der Waals surface area contributed by atoms with E-state index in [1.165, 1.54) is 11.3 Å². The number of aryl methyl sites for hydroxylation is 2. The summed E-state index contributed by atoms with van der Waals surface area (Å²) in [6.45, 7) is 3.31. The number of ether oxygens (including phenoxy) is 1. The van der Waals surface area contributed by atoms with Crippen molar-refractivity contribution in [3.63, 3.8) is 0 Å². The molecule has 3 aromatic rings. The number of nitrogens with one attached hydrogen (secondary N) is 1. The quantitative estimate of drug-likeness (QED) is 0.438. The number of nitrogens with zero attached hydrogens (tertiary/aromatic N) is 2. The Morgan fingerprint density at radius 2 is 1.94 bits per heavy atom. The summed E-state index contributed by atoms with van der Waals surface area (Å²) < 4.78 is 61.2. The van der Waals surface area contributed by atoms with Crippen molar-refractivity contribution in [1.82, 2.24) is 14.7 Å². The van der Waals surface area contributed by atoms with Crippen molar-refractivity contribution in [3.05, 3.63) is 64.4 Å². The van der Waals surface area contributed by atoms with E-state index >= 15 is 0 Å². The Morgan fingerprint density at radius 1 is 1.26 bits per heavy atom. The minimum atomic E-state index is -1.33. The van der Waals surface area contributed by atoms with Crippen LogP contribution in [-0.4, -0.2) is 34.1 Å². The highest BCUT2D eigenvalue weighted by Crippen LogP contribution is 2.26. The second-order valence-corrected chi connectivity index (χ2v) is 7.70. The number of benzene rings is 1. The highest BCUT2D eigenvalue weighted by atomic mass is 19.2. The normalized spacial score (nSPS) is 13.3. The number of amides is 1. The van der Waals surface area contributed by atoms with Gasteiger partial charge in [-0.15, -0.1) is 0 Å². The summed E-state index contributed by atoms with van der Waals surface area (Å²) in [5.74, 6) is -3.84. The second-order valence-electron chi connectivity index (χ2n) is 7.70. The van der Waals surface area contributed by atoms with E-state index in [2.05, 4.69) is 10.3 Å². The third-order valence-corrected chi connectivity index (χ3v) is 4.68. The third kappa shape index (κ3) is 4.63. The van der Waals surface area contributed by atoms with E-state index in [0.29, 0.717) is 17.3 Å². The fraction of sp³-hybridized carbons (Fsp3) is 0.333. The largest absolute Gasteiger partial charge is 0.485 e. The molecule has 0 aliphatic carbocycles. The maximum Gasteiger partial charge on any atom is 0.270 e. The molecule has 0 aliphatic heterocycles. The zero-order chi connectivity index (χ0) is 22.9. The zero-order valence-corrected chi connectivity index (χ0v) is 17.2. The van der Waals surface area contributed by atoms with Gasteiger partial charge in [0, 0.05) is 12.7 Å². The van der Waals surface area contributed by atoms with Gasteiger partial charge in [0.2, 0.25) is 0 Å². The molecule has 1 atom stereocenters. The van der Waals surface area contributed by atoms with Crippen LogP contribution in [0.3, 0.4) is 0 Å². The maximum atomic E-state index is 13.9. The van der Waals surface area contributed by atoms with Crippen molar-refractivity contribution in [2.75, 3.05) is 13.2 Å². The molecule has 1 amide bonds. The third-order valence-electron chi connectivity index (χ3n) is 4.68. The molecule has 0 fully saturated rings. The van der Waals surface area contributed by atoms with Crippen LogP contribution in [0.1, 0.15) is 34.2 Å². The summed E-state index contributed by atoms with van der Waals surface area (Å²) in [7, 11) is 0. The van der Waals surface area contributed by atoms with Gasteiger partial charge in [-0.1, -0.05) is 0 Å². The summed E-state index contributed by atoms with van der Waals surface area (Å²) in [5.41, 5.74) is 5.39. The Balaban J connectivity index is 1.94. The molecule has 10 heteroatoms. The number of carbonyl (C=O) groups excluding carboxylic acids is 1. The van der Waals surface area contributed by atoms with E-state index in [9.17, 15) is 22.4 Å². The molecule has 166 valence electrons. The number of fused-ring (bicyclic) bond motifs is 1. The number of pyridine rings is 1. The lowest BCUT2D eigenvalue weighted by Crippen LogP contribution is -2.49. The SMILES string of the molecule is Cc1cc(OCc2c(F)ccc(F)c2F)c2nc(C)c(C(=O)NCC(C)(N)CF)n2c1. The molecule has 0 saturated carbocycles. The molecule has 2 heterocycles. The number of halogens is 4. The molecule has 0 aliphatic rings. The highest BCUT2D eigenvalue weighted by molar-refractivity contribution is 5.95. The number of imidazole rings is 1. The van der Waals surface area contributed by atoms with E-state index in [1.54, 1.807) is 26.1 Å². The number of aromatic nitrogens is 2. The standard InChI is InChI=1S/C21H22F4N4O2/c1-11-6-16(31-8-13-14(23)4-5-15(24)17(13)25)19-28-12(2)18(29(19)7-11)20(30)27-10-21(3,26)9-22/h4-7H,8-10,26H2,1-3H3,(H,27,30). The second kappa shape index (κ2) is 8.54. The first-order valence-electron chi connectivity index (χ1n) is 9.41. The number of rotatable bonds is 7. The Hall–Kier alpha value is -3.14. The minimum Gasteiger partial charge on any atom is -0.485 e. The number of hydrogen-bond acceptors (Lipinski definition) is 4. The van der Waals surface area contributed by atoms with Crippen LogP contribution < -0.4 is 15.8 Å². The molecule has 0 saturated heterocycles. The maximum absolute atomic E-state index is 13.9. The summed E-state index contributed by atoms with van der Waals surface area (Å²) in [6.07, 6.45) is 1.64. The van der Waals surface area contributed by atoms with E-state index < -0.39 is 47.7 Å². The topological polar surface area (TPSA) is 81.6 Å². The average Bonchev–Trinajstić information content (AvgIpc) is 3.04. The molecule has 2 aromatic heterocycles.